The molecule has 3 N–H and O–H groups in total. The molecule has 0 rings (SSSR count). The summed E-state index contributed by atoms with van der Waals surface area (Å²) in [6.45, 7) is 9.95. The van der Waals surface area contributed by atoms with E-state index in [1.165, 1.54) is 244 Å². The van der Waals surface area contributed by atoms with E-state index in [2.05, 4.69) is 20.8 Å². The summed E-state index contributed by atoms with van der Waals surface area (Å²) in [4.78, 5) is 35.1. The lowest BCUT2D eigenvalue weighted by Gasteiger charge is -2.06. The monoisotopic (exact) mass is 941 g/mol. The molecule has 2 atom stereocenters. The maximum atomic E-state index is 11.9. The van der Waals surface area contributed by atoms with Gasteiger partial charge in [0.1, 0.15) is 6.61 Å². The molecule has 0 saturated heterocycles. The molecule has 0 bridgehead atoms. The van der Waals surface area contributed by atoms with Crippen molar-refractivity contribution in [2.75, 3.05) is 13.2 Å². The second-order valence-corrected chi connectivity index (χ2v) is 19.8. The van der Waals surface area contributed by atoms with Gasteiger partial charge in [0, 0.05) is 19.3 Å². The number of aliphatic hydroxyl groups excluding tert-OH is 3. The van der Waals surface area contributed by atoms with Crippen molar-refractivity contribution >= 4 is 17.9 Å². The molecule has 66 heavy (non-hydrogen) atoms. The number of ether oxygens (including phenoxy) is 2. The maximum Gasteiger partial charge on any atom is 0.313 e. The molecule has 0 aliphatic heterocycles. The average molecular weight is 942 g/mol. The Bertz CT molecular complexity index is 938. The quantitative estimate of drug-likeness (QED) is 0.0312. The Hall–Kier alpha value is -1.51. The first-order valence-corrected chi connectivity index (χ1v) is 29.0. The smallest absolute Gasteiger partial charge is 0.313 e. The highest BCUT2D eigenvalue weighted by atomic mass is 16.6. The molecular formula is C58H116O8. The molecule has 0 aliphatic carbocycles. The topological polar surface area (TPSA) is 130 Å². The summed E-state index contributed by atoms with van der Waals surface area (Å²) >= 11 is 0. The van der Waals surface area contributed by atoms with Crippen LogP contribution >= 0.6 is 0 Å². The third-order valence-corrected chi connectivity index (χ3v) is 12.4. The fourth-order valence-electron chi connectivity index (χ4n) is 8.08. The lowest BCUT2D eigenvalue weighted by molar-refractivity contribution is -0.159. The molecule has 0 aliphatic rings. The van der Waals surface area contributed by atoms with E-state index < -0.39 is 12.2 Å². The molecule has 2 unspecified atom stereocenters. The van der Waals surface area contributed by atoms with Crippen LogP contribution in [0, 0.1) is 0 Å². The maximum absolute atomic E-state index is 11.9. The van der Waals surface area contributed by atoms with Gasteiger partial charge in [-0.3, -0.25) is 14.4 Å². The Balaban J connectivity index is -0.00000117. The zero-order valence-corrected chi connectivity index (χ0v) is 45.0. The van der Waals surface area contributed by atoms with Crippen LogP contribution in [0.25, 0.3) is 0 Å². The number of hydrogen-bond donors (Lipinski definition) is 3. The Morgan fingerprint density at radius 2 is 0.500 bits per heavy atom. The van der Waals surface area contributed by atoms with E-state index in [0.29, 0.717) is 19.3 Å². The third kappa shape index (κ3) is 69.1. The summed E-state index contributed by atoms with van der Waals surface area (Å²) in [7, 11) is 0. The van der Waals surface area contributed by atoms with Gasteiger partial charge in [0.15, 0.2) is 0 Å². The molecule has 0 aromatic heterocycles. The Kier molecular flexibility index (Phi) is 64.1. The molecule has 8 nitrogen and oxygen atoms in total. The molecule has 0 spiro atoms. The van der Waals surface area contributed by atoms with E-state index in [9.17, 15) is 14.4 Å². The van der Waals surface area contributed by atoms with E-state index in [1.54, 1.807) is 6.92 Å². The molecule has 0 amide bonds. The van der Waals surface area contributed by atoms with Crippen molar-refractivity contribution in [3.05, 3.63) is 0 Å². The van der Waals surface area contributed by atoms with E-state index in [-0.39, 0.29) is 31.1 Å². The van der Waals surface area contributed by atoms with Gasteiger partial charge in [0.25, 0.3) is 0 Å². The van der Waals surface area contributed by atoms with Crippen LogP contribution in [0.1, 0.15) is 330 Å². The van der Waals surface area contributed by atoms with Crippen LogP contribution in [0.4, 0.5) is 0 Å². The predicted molar refractivity (Wildman–Crippen MR) is 282 cm³/mol. The van der Waals surface area contributed by atoms with Crippen molar-refractivity contribution in [1.29, 1.82) is 0 Å². The van der Waals surface area contributed by atoms with Gasteiger partial charge in [-0.1, -0.05) is 278 Å². The second kappa shape index (κ2) is 61.5. The normalized spacial score (nSPS) is 11.9. The van der Waals surface area contributed by atoms with Crippen LogP contribution in [0.5, 0.6) is 0 Å². The van der Waals surface area contributed by atoms with Crippen molar-refractivity contribution in [1.82, 2.24) is 0 Å². The van der Waals surface area contributed by atoms with Crippen molar-refractivity contribution < 1.29 is 39.2 Å². The predicted octanol–water partition coefficient (Wildman–Crippen LogP) is 17.3. The molecule has 0 radical (unpaired) electrons. The average Bonchev–Trinajstić information content (AvgIpc) is 3.30. The number of rotatable bonds is 49. The van der Waals surface area contributed by atoms with Gasteiger partial charge in [-0.2, -0.15) is 0 Å². The van der Waals surface area contributed by atoms with Gasteiger partial charge in [-0.25, -0.2) is 0 Å². The summed E-state index contributed by atoms with van der Waals surface area (Å²) in [5.74, 6) is -0.825. The third-order valence-electron chi connectivity index (χ3n) is 12.4. The number of unbranched alkanes of at least 4 members (excludes halogenated alkanes) is 40. The molecule has 0 aromatic rings. The molecule has 396 valence electrons. The molecule has 0 fully saturated rings. The molecular weight excluding hydrogens is 825 g/mol. The Labute approximate surface area is 411 Å². The van der Waals surface area contributed by atoms with Crippen molar-refractivity contribution in [3.8, 4) is 0 Å². The summed E-state index contributed by atoms with van der Waals surface area (Å²) in [6, 6.07) is 0. The number of aliphatic hydroxyl groups is 3. The van der Waals surface area contributed by atoms with Crippen molar-refractivity contribution in [2.45, 2.75) is 342 Å². The zero-order chi connectivity index (χ0) is 49.2. The first kappa shape index (κ1) is 68.8. The minimum absolute atomic E-state index is 0.123. The minimum Gasteiger partial charge on any atom is -0.463 e. The van der Waals surface area contributed by atoms with Gasteiger partial charge >= 0.3 is 17.9 Å². The van der Waals surface area contributed by atoms with E-state index >= 15 is 0 Å². The van der Waals surface area contributed by atoms with Gasteiger partial charge < -0.3 is 24.8 Å². The van der Waals surface area contributed by atoms with Gasteiger partial charge in [-0.05, 0) is 33.1 Å². The van der Waals surface area contributed by atoms with E-state index in [4.69, 9.17) is 24.8 Å². The van der Waals surface area contributed by atoms with Gasteiger partial charge in [0.05, 0.1) is 18.8 Å². The summed E-state index contributed by atoms with van der Waals surface area (Å²) in [5, 5.41) is 25.0. The molecule has 0 heterocycles. The van der Waals surface area contributed by atoms with Crippen LogP contribution in [0.3, 0.4) is 0 Å². The molecule has 0 saturated carbocycles. The summed E-state index contributed by atoms with van der Waals surface area (Å²) in [6.07, 6.45) is 56.5. The zero-order valence-electron chi connectivity index (χ0n) is 45.0. The minimum atomic E-state index is -0.560. The highest BCUT2D eigenvalue weighted by Gasteiger charge is 2.10. The SMILES string of the molecule is CC(O)CO.CCCCCCCCCCCCCCCCCC(=O)OC(=O)CCCCCCCCCCCCCCC.CCCCCCCCCCCCCCCCCC(=O)OCC(C)O. The summed E-state index contributed by atoms with van der Waals surface area (Å²) < 4.78 is 9.93. The highest BCUT2D eigenvalue weighted by Crippen LogP contribution is 2.17. The largest absolute Gasteiger partial charge is 0.463 e. The van der Waals surface area contributed by atoms with Crippen LogP contribution in [0.2, 0.25) is 0 Å². The van der Waals surface area contributed by atoms with Crippen molar-refractivity contribution in [3.63, 3.8) is 0 Å². The van der Waals surface area contributed by atoms with Crippen LogP contribution < -0.4 is 0 Å². The van der Waals surface area contributed by atoms with E-state index in [0.717, 1.165) is 38.5 Å². The highest BCUT2D eigenvalue weighted by molar-refractivity contribution is 5.85. The van der Waals surface area contributed by atoms with Crippen molar-refractivity contribution in [2.24, 2.45) is 0 Å². The molecule has 8 heteroatoms. The summed E-state index contributed by atoms with van der Waals surface area (Å²) in [5.41, 5.74) is 0. The lowest BCUT2D eigenvalue weighted by atomic mass is 10.0. The number of carbonyl (C=O) groups excluding carboxylic acids is 3. The Morgan fingerprint density at radius 3 is 0.682 bits per heavy atom. The van der Waals surface area contributed by atoms with Gasteiger partial charge in [0.2, 0.25) is 0 Å². The van der Waals surface area contributed by atoms with Crippen LogP contribution in [-0.4, -0.2) is 58.6 Å². The number of hydrogen-bond acceptors (Lipinski definition) is 8. The van der Waals surface area contributed by atoms with Crippen LogP contribution in [0.15, 0.2) is 0 Å². The first-order valence-electron chi connectivity index (χ1n) is 29.0. The Morgan fingerprint density at radius 1 is 0.318 bits per heavy atom. The fourth-order valence-corrected chi connectivity index (χ4v) is 8.08. The number of carbonyl (C=O) groups is 3. The van der Waals surface area contributed by atoms with Crippen LogP contribution in [-0.2, 0) is 23.9 Å². The standard InChI is InChI=1S/C34H66O3.C21H42O3.C3H8O2/c1-3-5-7-9-11-13-15-17-18-20-22-24-26-28-30-32-34(36)37-33(35)31-29-27-25-23-21-19-16-14-12-10-8-6-4-2;1-3-4-5-6-7-8-9-10-11-12-13-14-15-16-17-18-21(23)24-19-20(2)22;1-3(5)2-4/h3-32H2,1-2H3;20,22H,3-19H2,1-2H3;3-5H,2H2,1H3. The second-order valence-electron chi connectivity index (χ2n) is 19.8. The first-order chi connectivity index (χ1) is 32.1. The number of esters is 3. The van der Waals surface area contributed by atoms with Gasteiger partial charge in [-0.15, -0.1) is 0 Å². The van der Waals surface area contributed by atoms with E-state index in [1.807, 2.05) is 0 Å². The lowest BCUT2D eigenvalue weighted by Crippen LogP contribution is -2.14. The fraction of sp³-hybridized carbons (Fsp3) is 0.948. The molecule has 0 aromatic carbocycles.